The molecule has 0 saturated heterocycles. The zero-order valence-electron chi connectivity index (χ0n) is 11.5. The normalized spacial score (nSPS) is 18.3. The Balaban J connectivity index is 1.95. The SMILES string of the molecule is Nc1cc(C(=O)NCC2(O)CCCCCC2)ccc1Br. The van der Waals surface area contributed by atoms with Gasteiger partial charge in [0.1, 0.15) is 0 Å². The number of nitrogens with one attached hydrogen (secondary N) is 1. The van der Waals surface area contributed by atoms with Crippen LogP contribution < -0.4 is 11.1 Å². The number of halogens is 1. The fourth-order valence-corrected chi connectivity index (χ4v) is 2.84. The molecule has 1 fully saturated rings. The summed E-state index contributed by atoms with van der Waals surface area (Å²) < 4.78 is 0.774. The third-order valence-electron chi connectivity index (χ3n) is 3.87. The first-order chi connectivity index (χ1) is 9.50. The minimum Gasteiger partial charge on any atom is -0.398 e. The highest BCUT2D eigenvalue weighted by atomic mass is 79.9. The van der Waals surface area contributed by atoms with Gasteiger partial charge in [0.2, 0.25) is 0 Å². The van der Waals surface area contributed by atoms with Gasteiger partial charge in [0.15, 0.2) is 0 Å². The van der Waals surface area contributed by atoms with Gasteiger partial charge in [0, 0.05) is 22.3 Å². The molecular weight excluding hydrogens is 320 g/mol. The van der Waals surface area contributed by atoms with Gasteiger partial charge in [-0.2, -0.15) is 0 Å². The summed E-state index contributed by atoms with van der Waals surface area (Å²) in [5.41, 5.74) is 6.06. The van der Waals surface area contributed by atoms with Gasteiger partial charge in [-0.1, -0.05) is 25.7 Å². The van der Waals surface area contributed by atoms with Crippen molar-refractivity contribution in [2.45, 2.75) is 44.1 Å². The Morgan fingerprint density at radius 2 is 1.95 bits per heavy atom. The predicted molar refractivity (Wildman–Crippen MR) is 83.5 cm³/mol. The van der Waals surface area contributed by atoms with Gasteiger partial charge in [0.25, 0.3) is 5.91 Å². The lowest BCUT2D eigenvalue weighted by atomic mass is 9.94. The zero-order valence-corrected chi connectivity index (χ0v) is 13.1. The van der Waals surface area contributed by atoms with E-state index in [9.17, 15) is 9.90 Å². The van der Waals surface area contributed by atoms with E-state index in [4.69, 9.17) is 5.73 Å². The Morgan fingerprint density at radius 1 is 1.30 bits per heavy atom. The fraction of sp³-hybridized carbons (Fsp3) is 0.533. The molecule has 1 aromatic rings. The van der Waals surface area contributed by atoms with Crippen molar-refractivity contribution in [3.05, 3.63) is 28.2 Å². The summed E-state index contributed by atoms with van der Waals surface area (Å²) in [6.45, 7) is 0.307. The second-order valence-corrected chi connectivity index (χ2v) is 6.41. The number of hydrogen-bond acceptors (Lipinski definition) is 3. The number of rotatable bonds is 3. The molecule has 1 amide bonds. The van der Waals surface area contributed by atoms with E-state index in [1.807, 2.05) is 0 Å². The Kier molecular flexibility index (Phi) is 5.05. The minimum absolute atomic E-state index is 0.193. The molecule has 110 valence electrons. The van der Waals surface area contributed by atoms with E-state index in [1.54, 1.807) is 18.2 Å². The highest BCUT2D eigenvalue weighted by Gasteiger charge is 2.28. The van der Waals surface area contributed by atoms with Crippen molar-refractivity contribution >= 4 is 27.5 Å². The van der Waals surface area contributed by atoms with Gasteiger partial charge in [-0.25, -0.2) is 0 Å². The quantitative estimate of drug-likeness (QED) is 0.585. The molecule has 1 aliphatic rings. The number of nitrogen functional groups attached to an aromatic ring is 1. The van der Waals surface area contributed by atoms with Crippen LogP contribution in [0.25, 0.3) is 0 Å². The van der Waals surface area contributed by atoms with Crippen molar-refractivity contribution < 1.29 is 9.90 Å². The summed E-state index contributed by atoms with van der Waals surface area (Å²) in [4.78, 5) is 12.1. The summed E-state index contributed by atoms with van der Waals surface area (Å²) in [6.07, 6.45) is 5.90. The molecule has 5 heteroatoms. The zero-order chi connectivity index (χ0) is 14.6. The van der Waals surface area contributed by atoms with E-state index >= 15 is 0 Å². The van der Waals surface area contributed by atoms with E-state index in [2.05, 4.69) is 21.2 Å². The monoisotopic (exact) mass is 340 g/mol. The van der Waals surface area contributed by atoms with Crippen LogP contribution in [0.1, 0.15) is 48.9 Å². The Labute approximate surface area is 127 Å². The Morgan fingerprint density at radius 3 is 2.55 bits per heavy atom. The van der Waals surface area contributed by atoms with Crippen LogP contribution in [0.15, 0.2) is 22.7 Å². The van der Waals surface area contributed by atoms with Crippen molar-refractivity contribution in [3.8, 4) is 0 Å². The van der Waals surface area contributed by atoms with E-state index in [0.29, 0.717) is 17.8 Å². The van der Waals surface area contributed by atoms with Crippen LogP contribution in [0, 0.1) is 0 Å². The van der Waals surface area contributed by atoms with Gasteiger partial charge in [-0.05, 0) is 47.0 Å². The van der Waals surface area contributed by atoms with Crippen molar-refractivity contribution in [1.29, 1.82) is 0 Å². The third kappa shape index (κ3) is 3.96. The fourth-order valence-electron chi connectivity index (χ4n) is 2.60. The van der Waals surface area contributed by atoms with E-state index in [1.165, 1.54) is 12.8 Å². The second-order valence-electron chi connectivity index (χ2n) is 5.56. The molecule has 0 atom stereocenters. The molecule has 20 heavy (non-hydrogen) atoms. The summed E-state index contributed by atoms with van der Waals surface area (Å²) in [7, 11) is 0. The number of carbonyl (C=O) groups excluding carboxylic acids is 1. The summed E-state index contributed by atoms with van der Waals surface area (Å²) in [5.74, 6) is -0.193. The molecule has 0 unspecified atom stereocenters. The third-order valence-corrected chi connectivity index (χ3v) is 4.59. The maximum Gasteiger partial charge on any atom is 0.251 e. The van der Waals surface area contributed by atoms with Gasteiger partial charge < -0.3 is 16.2 Å². The number of aliphatic hydroxyl groups is 1. The van der Waals surface area contributed by atoms with Crippen LogP contribution in [0.3, 0.4) is 0 Å². The molecule has 0 bridgehead atoms. The van der Waals surface area contributed by atoms with E-state index in [0.717, 1.165) is 30.2 Å². The molecule has 0 heterocycles. The van der Waals surface area contributed by atoms with Crippen LogP contribution >= 0.6 is 15.9 Å². The lowest BCUT2D eigenvalue weighted by Crippen LogP contribution is -2.42. The largest absolute Gasteiger partial charge is 0.398 e. The molecule has 0 spiro atoms. The number of nitrogens with two attached hydrogens (primary N) is 1. The number of anilines is 1. The maximum atomic E-state index is 12.1. The Hall–Kier alpha value is -1.07. The number of amides is 1. The average Bonchev–Trinajstić information content (AvgIpc) is 2.65. The predicted octanol–water partition coefficient (Wildman–Crippen LogP) is 2.85. The van der Waals surface area contributed by atoms with Crippen LogP contribution in [-0.4, -0.2) is 23.2 Å². The average molecular weight is 341 g/mol. The van der Waals surface area contributed by atoms with Crippen molar-refractivity contribution in [2.75, 3.05) is 12.3 Å². The van der Waals surface area contributed by atoms with Crippen molar-refractivity contribution in [3.63, 3.8) is 0 Å². The van der Waals surface area contributed by atoms with Crippen LogP contribution in [-0.2, 0) is 0 Å². The van der Waals surface area contributed by atoms with Crippen LogP contribution in [0.4, 0.5) is 5.69 Å². The highest BCUT2D eigenvalue weighted by molar-refractivity contribution is 9.10. The molecule has 1 aliphatic carbocycles. The van der Waals surface area contributed by atoms with E-state index < -0.39 is 5.60 Å². The van der Waals surface area contributed by atoms with Crippen molar-refractivity contribution in [1.82, 2.24) is 5.32 Å². The second kappa shape index (κ2) is 6.59. The number of benzene rings is 1. The standard InChI is InChI=1S/C15H21BrN2O2/c16-12-6-5-11(9-13(12)17)14(19)18-10-15(20)7-3-1-2-4-8-15/h5-6,9,20H,1-4,7-8,10,17H2,(H,18,19). The molecule has 0 aliphatic heterocycles. The first kappa shape index (κ1) is 15.3. The molecule has 0 aromatic heterocycles. The lowest BCUT2D eigenvalue weighted by molar-refractivity contribution is 0.0246. The topological polar surface area (TPSA) is 75.4 Å². The minimum atomic E-state index is -0.757. The highest BCUT2D eigenvalue weighted by Crippen LogP contribution is 2.26. The summed E-state index contributed by atoms with van der Waals surface area (Å²) in [6, 6.07) is 5.11. The lowest BCUT2D eigenvalue weighted by Gasteiger charge is -2.26. The molecule has 1 aromatic carbocycles. The van der Waals surface area contributed by atoms with Crippen molar-refractivity contribution in [2.24, 2.45) is 0 Å². The molecule has 4 N–H and O–H groups in total. The number of carbonyl (C=O) groups is 1. The Bertz CT molecular complexity index is 483. The molecule has 2 rings (SSSR count). The smallest absolute Gasteiger partial charge is 0.251 e. The van der Waals surface area contributed by atoms with Crippen LogP contribution in [0.2, 0.25) is 0 Å². The summed E-state index contributed by atoms with van der Waals surface area (Å²) >= 11 is 3.30. The summed E-state index contributed by atoms with van der Waals surface area (Å²) in [5, 5.41) is 13.3. The van der Waals surface area contributed by atoms with E-state index in [-0.39, 0.29) is 5.91 Å². The first-order valence-corrected chi connectivity index (χ1v) is 7.85. The van der Waals surface area contributed by atoms with Crippen LogP contribution in [0.5, 0.6) is 0 Å². The maximum absolute atomic E-state index is 12.1. The van der Waals surface area contributed by atoms with Gasteiger partial charge in [-0.3, -0.25) is 4.79 Å². The van der Waals surface area contributed by atoms with Gasteiger partial charge in [0.05, 0.1) is 5.60 Å². The van der Waals surface area contributed by atoms with Gasteiger partial charge in [-0.15, -0.1) is 0 Å². The molecular formula is C15H21BrN2O2. The van der Waals surface area contributed by atoms with Gasteiger partial charge >= 0.3 is 0 Å². The molecule has 0 radical (unpaired) electrons. The molecule has 1 saturated carbocycles. The number of hydrogen-bond donors (Lipinski definition) is 3. The molecule has 4 nitrogen and oxygen atoms in total. The first-order valence-electron chi connectivity index (χ1n) is 7.06.